The van der Waals surface area contributed by atoms with Gasteiger partial charge in [-0.25, -0.2) is 9.97 Å². The Morgan fingerprint density at radius 3 is 2.64 bits per heavy atom. The highest BCUT2D eigenvalue weighted by molar-refractivity contribution is 5.46. The zero-order chi connectivity index (χ0) is 18.2. The normalized spacial score (nSPS) is 11.9. The van der Waals surface area contributed by atoms with Gasteiger partial charge in [-0.1, -0.05) is 19.6 Å². The van der Waals surface area contributed by atoms with E-state index in [1.807, 2.05) is 6.92 Å². The van der Waals surface area contributed by atoms with Crippen molar-refractivity contribution in [1.29, 1.82) is 0 Å². The number of hydrogen-bond acceptors (Lipinski definition) is 7. The minimum Gasteiger partial charge on any atom is -0.493 e. The first-order valence-corrected chi connectivity index (χ1v) is 7.46. The van der Waals surface area contributed by atoms with Crippen LogP contribution in [0.3, 0.4) is 0 Å². The van der Waals surface area contributed by atoms with Gasteiger partial charge in [-0.2, -0.15) is 4.98 Å². The number of nitrogens with one attached hydrogen (secondary N) is 1. The van der Waals surface area contributed by atoms with E-state index in [4.69, 9.17) is 9.47 Å². The summed E-state index contributed by atoms with van der Waals surface area (Å²) >= 11 is 0. The molecule has 2 aromatic heterocycles. The summed E-state index contributed by atoms with van der Waals surface area (Å²) in [7, 11) is 1.47. The molecule has 130 valence electrons. The van der Waals surface area contributed by atoms with Crippen molar-refractivity contribution in [2.45, 2.75) is 13.3 Å². The minimum absolute atomic E-state index is 0.0285. The van der Waals surface area contributed by atoms with Crippen LogP contribution in [0.1, 0.15) is 13.3 Å². The van der Waals surface area contributed by atoms with Gasteiger partial charge in [0, 0.05) is 12.4 Å². The van der Waals surface area contributed by atoms with E-state index >= 15 is 0 Å². The van der Waals surface area contributed by atoms with Crippen LogP contribution in [0.25, 0.3) is 11.6 Å². The van der Waals surface area contributed by atoms with Crippen molar-refractivity contribution in [2.24, 2.45) is 0 Å². The molecule has 0 saturated carbocycles. The number of rotatable bonds is 7. The molecule has 0 bridgehead atoms. The summed E-state index contributed by atoms with van der Waals surface area (Å²) in [5.41, 5.74) is -0.683. The molecule has 0 spiro atoms. The fourth-order valence-electron chi connectivity index (χ4n) is 1.92. The van der Waals surface area contributed by atoms with E-state index in [9.17, 15) is 9.90 Å². The molecule has 0 aliphatic carbocycles. The van der Waals surface area contributed by atoms with E-state index in [-0.39, 0.29) is 23.2 Å². The third-order valence-corrected chi connectivity index (χ3v) is 2.97. The maximum Gasteiger partial charge on any atom is 0.298 e. The van der Waals surface area contributed by atoms with Crippen LogP contribution in [0.5, 0.6) is 11.6 Å². The Morgan fingerprint density at radius 1 is 1.36 bits per heavy atom. The highest BCUT2D eigenvalue weighted by atomic mass is 16.5. The Bertz CT molecular complexity index is 857. The fraction of sp³-hybridized carbons (Fsp3) is 0.176. The topological polar surface area (TPSA) is 110 Å². The van der Waals surface area contributed by atoms with Crippen LogP contribution in [0.4, 0.5) is 0 Å². The van der Waals surface area contributed by atoms with E-state index in [0.29, 0.717) is 12.2 Å². The molecule has 0 fully saturated rings. The van der Waals surface area contributed by atoms with Crippen LogP contribution >= 0.6 is 0 Å². The highest BCUT2D eigenvalue weighted by Gasteiger charge is 2.18. The second-order valence-corrected chi connectivity index (χ2v) is 4.69. The minimum atomic E-state index is -0.683. The fourth-order valence-corrected chi connectivity index (χ4v) is 1.92. The molecule has 8 heteroatoms. The number of H-pyrrole nitrogens is 1. The number of ether oxygens (including phenoxy) is 2. The number of aromatic amines is 1. The first kappa shape index (κ1) is 17.9. The average Bonchev–Trinajstić information content (AvgIpc) is 2.62. The SMILES string of the molecule is C=C/C=C(Oc1c(O)nc(-c2ncccn2)[nH]c1=O)\C(=C/CC)OC. The molecule has 0 atom stereocenters. The molecule has 0 radical (unpaired) electrons. The summed E-state index contributed by atoms with van der Waals surface area (Å²) in [4.78, 5) is 26.6. The summed E-state index contributed by atoms with van der Waals surface area (Å²) in [5.74, 6) is -0.144. The lowest BCUT2D eigenvalue weighted by Gasteiger charge is -2.12. The zero-order valence-electron chi connectivity index (χ0n) is 13.9. The first-order valence-electron chi connectivity index (χ1n) is 7.46. The molecule has 2 aromatic rings. The van der Waals surface area contributed by atoms with Crippen LogP contribution in [-0.2, 0) is 4.74 Å². The quantitative estimate of drug-likeness (QED) is 0.587. The number of methoxy groups -OCH3 is 1. The molecule has 0 unspecified atom stereocenters. The van der Waals surface area contributed by atoms with Gasteiger partial charge in [0.15, 0.2) is 23.2 Å². The number of aromatic nitrogens is 4. The van der Waals surface area contributed by atoms with E-state index in [0.717, 1.165) is 0 Å². The van der Waals surface area contributed by atoms with Gasteiger partial charge >= 0.3 is 0 Å². The Kier molecular flexibility index (Phi) is 6.05. The highest BCUT2D eigenvalue weighted by Crippen LogP contribution is 2.25. The molecule has 2 rings (SSSR count). The Balaban J connectivity index is 2.43. The number of nitrogens with zero attached hydrogens (tertiary/aromatic N) is 3. The summed E-state index contributed by atoms with van der Waals surface area (Å²) in [6.45, 7) is 5.52. The molecular weight excluding hydrogens is 324 g/mol. The van der Waals surface area contributed by atoms with Gasteiger partial charge in [-0.3, -0.25) is 4.79 Å². The summed E-state index contributed by atoms with van der Waals surface area (Å²) < 4.78 is 10.7. The van der Waals surface area contributed by atoms with Crippen molar-refractivity contribution < 1.29 is 14.6 Å². The van der Waals surface area contributed by atoms with E-state index < -0.39 is 11.4 Å². The van der Waals surface area contributed by atoms with E-state index in [1.165, 1.54) is 31.7 Å². The van der Waals surface area contributed by atoms with Gasteiger partial charge in [0.05, 0.1) is 7.11 Å². The predicted molar refractivity (Wildman–Crippen MR) is 91.8 cm³/mol. The molecular formula is C17H18N4O4. The van der Waals surface area contributed by atoms with Gasteiger partial charge in [0.1, 0.15) is 0 Å². The zero-order valence-corrected chi connectivity index (χ0v) is 13.9. The van der Waals surface area contributed by atoms with Crippen molar-refractivity contribution in [1.82, 2.24) is 19.9 Å². The average molecular weight is 342 g/mol. The van der Waals surface area contributed by atoms with Gasteiger partial charge in [-0.05, 0) is 24.6 Å². The van der Waals surface area contributed by atoms with Crippen LogP contribution in [0, 0.1) is 0 Å². The van der Waals surface area contributed by atoms with Crippen LogP contribution in [0.2, 0.25) is 0 Å². The van der Waals surface area contributed by atoms with Gasteiger partial charge in [0.2, 0.25) is 0 Å². The summed E-state index contributed by atoms with van der Waals surface area (Å²) in [6, 6.07) is 1.62. The van der Waals surface area contributed by atoms with E-state index in [1.54, 1.807) is 12.1 Å². The number of hydrogen-bond donors (Lipinski definition) is 2. The predicted octanol–water partition coefficient (Wildman–Crippen LogP) is 2.32. The lowest BCUT2D eigenvalue weighted by molar-refractivity contribution is 0.256. The number of aromatic hydroxyl groups is 1. The van der Waals surface area contributed by atoms with Crippen LogP contribution in [0.15, 0.2) is 59.6 Å². The molecule has 2 heterocycles. The summed E-state index contributed by atoms with van der Waals surface area (Å²) in [6.07, 6.45) is 8.43. The molecule has 0 amide bonds. The van der Waals surface area contributed by atoms with Crippen molar-refractivity contribution in [2.75, 3.05) is 7.11 Å². The third-order valence-electron chi connectivity index (χ3n) is 2.97. The molecule has 2 N–H and O–H groups in total. The maximum atomic E-state index is 12.3. The largest absolute Gasteiger partial charge is 0.493 e. The van der Waals surface area contributed by atoms with Crippen molar-refractivity contribution in [3.63, 3.8) is 0 Å². The molecule has 25 heavy (non-hydrogen) atoms. The molecule has 0 saturated heterocycles. The number of allylic oxidation sites excluding steroid dienone is 3. The second-order valence-electron chi connectivity index (χ2n) is 4.69. The van der Waals surface area contributed by atoms with Crippen LogP contribution in [-0.4, -0.2) is 32.2 Å². The van der Waals surface area contributed by atoms with E-state index in [2.05, 4.69) is 26.5 Å². The van der Waals surface area contributed by atoms with Crippen molar-refractivity contribution >= 4 is 0 Å². The second kappa shape index (κ2) is 8.44. The summed E-state index contributed by atoms with van der Waals surface area (Å²) in [5, 5.41) is 10.1. The standard InChI is InChI=1S/C17H18N4O4/c1-4-7-11(24-3)12(8-5-2)25-13-16(22)20-15(21-17(13)23)14-18-9-6-10-19-14/h5-10H,2,4H2,1,3H3,(H2,20,21,22,23)/b11-7+,12-8+. The smallest absolute Gasteiger partial charge is 0.298 e. The molecule has 8 nitrogen and oxygen atoms in total. The van der Waals surface area contributed by atoms with Crippen molar-refractivity contribution in [3.05, 3.63) is 65.1 Å². The monoisotopic (exact) mass is 342 g/mol. The van der Waals surface area contributed by atoms with Gasteiger partial charge < -0.3 is 19.6 Å². The Morgan fingerprint density at radius 2 is 2.08 bits per heavy atom. The van der Waals surface area contributed by atoms with Gasteiger partial charge in [0.25, 0.3) is 17.2 Å². The lowest BCUT2D eigenvalue weighted by atomic mass is 10.3. The molecule has 0 aliphatic heterocycles. The molecule has 0 aliphatic rings. The first-order chi connectivity index (χ1) is 12.1. The van der Waals surface area contributed by atoms with Crippen LogP contribution < -0.4 is 10.3 Å². The Hall–Kier alpha value is -3.42. The van der Waals surface area contributed by atoms with Gasteiger partial charge in [-0.15, -0.1) is 0 Å². The van der Waals surface area contributed by atoms with Crippen molar-refractivity contribution in [3.8, 4) is 23.3 Å². The molecule has 0 aromatic carbocycles. The third kappa shape index (κ3) is 4.31. The Labute approximate surface area is 144 Å². The maximum absolute atomic E-state index is 12.3. The lowest BCUT2D eigenvalue weighted by Crippen LogP contribution is -2.15.